The van der Waals surface area contributed by atoms with Crippen LogP contribution in [0.25, 0.3) is 0 Å². The summed E-state index contributed by atoms with van der Waals surface area (Å²) in [5.41, 5.74) is -0.806. The Hall–Kier alpha value is -3.10. The number of benzene rings is 1. The third-order valence-corrected chi connectivity index (χ3v) is 3.06. The molecule has 1 heterocycles. The Balaban J connectivity index is 2.38. The van der Waals surface area contributed by atoms with Gasteiger partial charge in [0.25, 0.3) is 5.56 Å². The molecule has 9 heteroatoms. The zero-order valence-electron chi connectivity index (χ0n) is 12.5. The number of hydrogen-bond acceptors (Lipinski definition) is 6. The van der Waals surface area contributed by atoms with Crippen LogP contribution in [0.1, 0.15) is 11.3 Å². The maximum Gasteiger partial charge on any atom is 0.345 e. The number of carboxylic acid groups (broad SMARTS) is 1. The quantitative estimate of drug-likeness (QED) is 0.743. The van der Waals surface area contributed by atoms with Crippen molar-refractivity contribution in [1.29, 1.82) is 0 Å². The zero-order valence-corrected chi connectivity index (χ0v) is 12.5. The Kier molecular flexibility index (Phi) is 4.79. The first-order valence-electron chi connectivity index (χ1n) is 6.57. The van der Waals surface area contributed by atoms with Gasteiger partial charge >= 0.3 is 11.7 Å². The first kappa shape index (κ1) is 16.3. The minimum absolute atomic E-state index is 0.0260. The van der Waals surface area contributed by atoms with Crippen molar-refractivity contribution in [3.8, 4) is 11.5 Å². The summed E-state index contributed by atoms with van der Waals surface area (Å²) in [4.78, 5) is 36.1. The number of aromatic amines is 1. The third kappa shape index (κ3) is 3.76. The second-order valence-electron chi connectivity index (χ2n) is 4.62. The summed E-state index contributed by atoms with van der Waals surface area (Å²) in [5, 5.41) is 12.6. The number of rotatable bonds is 6. The third-order valence-electron chi connectivity index (χ3n) is 3.06. The molecule has 0 fully saturated rings. The van der Waals surface area contributed by atoms with Gasteiger partial charge in [-0.05, 0) is 17.7 Å². The van der Waals surface area contributed by atoms with Crippen molar-refractivity contribution in [2.24, 2.45) is 0 Å². The van der Waals surface area contributed by atoms with E-state index < -0.39 is 23.8 Å². The summed E-state index contributed by atoms with van der Waals surface area (Å²) in [6, 6.07) is 5.07. The molecule has 0 radical (unpaired) electrons. The van der Waals surface area contributed by atoms with Crippen LogP contribution in [0.5, 0.6) is 11.5 Å². The van der Waals surface area contributed by atoms with Crippen molar-refractivity contribution >= 4 is 5.97 Å². The van der Waals surface area contributed by atoms with E-state index in [1.165, 1.54) is 14.2 Å². The molecule has 2 N–H and O–H groups in total. The van der Waals surface area contributed by atoms with E-state index in [2.05, 4.69) is 10.1 Å². The van der Waals surface area contributed by atoms with Crippen LogP contribution in [-0.2, 0) is 17.8 Å². The maximum atomic E-state index is 11.8. The highest BCUT2D eigenvalue weighted by Crippen LogP contribution is 2.27. The first-order valence-corrected chi connectivity index (χ1v) is 6.57. The number of methoxy groups -OCH3 is 2. The van der Waals surface area contributed by atoms with E-state index in [1.807, 2.05) is 0 Å². The number of ether oxygens (including phenoxy) is 2. The number of carbonyl (C=O) groups is 1. The molecule has 0 spiro atoms. The Morgan fingerprint density at radius 3 is 2.57 bits per heavy atom. The van der Waals surface area contributed by atoms with E-state index in [0.29, 0.717) is 21.7 Å². The van der Waals surface area contributed by atoms with Crippen LogP contribution in [0.3, 0.4) is 0 Å². The van der Waals surface area contributed by atoms with Gasteiger partial charge in [-0.15, -0.1) is 0 Å². The molecule has 9 nitrogen and oxygen atoms in total. The predicted molar refractivity (Wildman–Crippen MR) is 79.1 cm³/mol. The highest BCUT2D eigenvalue weighted by atomic mass is 16.5. The van der Waals surface area contributed by atoms with Crippen LogP contribution in [0.2, 0.25) is 0 Å². The second kappa shape index (κ2) is 6.77. The molecule has 1 aromatic carbocycles. The summed E-state index contributed by atoms with van der Waals surface area (Å²) in [6.45, 7) is -0.630. The Morgan fingerprint density at radius 2 is 1.96 bits per heavy atom. The van der Waals surface area contributed by atoms with Gasteiger partial charge in [-0.1, -0.05) is 6.07 Å². The molecule has 0 bridgehead atoms. The molecule has 0 atom stereocenters. The van der Waals surface area contributed by atoms with E-state index in [0.717, 1.165) is 0 Å². The number of H-pyrrole nitrogens is 1. The summed E-state index contributed by atoms with van der Waals surface area (Å²) < 4.78 is 11.0. The van der Waals surface area contributed by atoms with Crippen LogP contribution < -0.4 is 20.7 Å². The van der Waals surface area contributed by atoms with Gasteiger partial charge in [0, 0.05) is 6.42 Å². The SMILES string of the molecule is COc1ccc(Cc2nn(CC(=O)O)c(=O)[nH]c2=O)cc1OC. The number of nitrogens with zero attached hydrogens (tertiary/aromatic N) is 2. The standard InChI is InChI=1S/C14H15N3O6/c1-22-10-4-3-8(6-11(10)23-2)5-9-13(20)15-14(21)17(16-9)7-12(18)19/h3-4,6H,5,7H2,1-2H3,(H,18,19)(H,15,20,21). The van der Waals surface area contributed by atoms with Crippen molar-refractivity contribution in [2.45, 2.75) is 13.0 Å². The van der Waals surface area contributed by atoms with Crippen LogP contribution in [0.15, 0.2) is 27.8 Å². The fourth-order valence-electron chi connectivity index (χ4n) is 2.01. The molecule has 0 aliphatic rings. The zero-order chi connectivity index (χ0) is 17.0. The molecule has 23 heavy (non-hydrogen) atoms. The first-order chi connectivity index (χ1) is 10.9. The largest absolute Gasteiger partial charge is 0.493 e. The Labute approximate surface area is 130 Å². The molecule has 0 aliphatic heterocycles. The van der Waals surface area contributed by atoms with E-state index in [9.17, 15) is 14.4 Å². The number of aliphatic carboxylic acids is 1. The lowest BCUT2D eigenvalue weighted by Gasteiger charge is -2.09. The molecule has 0 saturated carbocycles. The average molecular weight is 321 g/mol. The summed E-state index contributed by atoms with van der Waals surface area (Å²) in [7, 11) is 2.99. The fourth-order valence-corrected chi connectivity index (χ4v) is 2.01. The number of aromatic nitrogens is 3. The Morgan fingerprint density at radius 1 is 1.26 bits per heavy atom. The van der Waals surface area contributed by atoms with Crippen molar-refractivity contribution < 1.29 is 19.4 Å². The smallest absolute Gasteiger partial charge is 0.345 e. The lowest BCUT2D eigenvalue weighted by atomic mass is 10.1. The van der Waals surface area contributed by atoms with E-state index in [4.69, 9.17) is 14.6 Å². The van der Waals surface area contributed by atoms with Gasteiger partial charge in [0.05, 0.1) is 14.2 Å². The molecule has 2 aromatic rings. The Bertz CT molecular complexity index is 839. The molecule has 0 aliphatic carbocycles. The number of hydrogen-bond donors (Lipinski definition) is 2. The second-order valence-corrected chi connectivity index (χ2v) is 4.62. The monoisotopic (exact) mass is 321 g/mol. The lowest BCUT2D eigenvalue weighted by molar-refractivity contribution is -0.138. The van der Waals surface area contributed by atoms with Gasteiger partial charge in [-0.3, -0.25) is 14.6 Å². The fraction of sp³-hybridized carbons (Fsp3) is 0.286. The van der Waals surface area contributed by atoms with Crippen molar-refractivity contribution in [3.63, 3.8) is 0 Å². The average Bonchev–Trinajstić information content (AvgIpc) is 2.51. The normalized spacial score (nSPS) is 10.3. The topological polar surface area (TPSA) is 124 Å². The summed E-state index contributed by atoms with van der Waals surface area (Å²) >= 11 is 0. The minimum Gasteiger partial charge on any atom is -0.493 e. The highest BCUT2D eigenvalue weighted by molar-refractivity contribution is 5.66. The van der Waals surface area contributed by atoms with Gasteiger partial charge in [-0.2, -0.15) is 5.10 Å². The molecule has 0 amide bonds. The lowest BCUT2D eigenvalue weighted by Crippen LogP contribution is -2.36. The maximum absolute atomic E-state index is 11.8. The van der Waals surface area contributed by atoms with Crippen molar-refractivity contribution in [3.05, 3.63) is 50.3 Å². The van der Waals surface area contributed by atoms with Crippen LogP contribution in [0.4, 0.5) is 0 Å². The van der Waals surface area contributed by atoms with Crippen molar-refractivity contribution in [1.82, 2.24) is 14.8 Å². The molecule has 1 aromatic heterocycles. The van der Waals surface area contributed by atoms with Gasteiger partial charge in [0.1, 0.15) is 12.2 Å². The van der Waals surface area contributed by atoms with Crippen LogP contribution >= 0.6 is 0 Å². The van der Waals surface area contributed by atoms with Gasteiger partial charge in [0.15, 0.2) is 11.5 Å². The predicted octanol–water partition coefficient (Wildman–Crippen LogP) is -0.376. The number of carboxylic acids is 1. The highest BCUT2D eigenvalue weighted by Gasteiger charge is 2.12. The van der Waals surface area contributed by atoms with Gasteiger partial charge in [0.2, 0.25) is 0 Å². The van der Waals surface area contributed by atoms with Gasteiger partial charge < -0.3 is 14.6 Å². The van der Waals surface area contributed by atoms with E-state index in [-0.39, 0.29) is 12.1 Å². The molecule has 0 unspecified atom stereocenters. The summed E-state index contributed by atoms with van der Waals surface area (Å²) in [5.74, 6) is -0.210. The molecular formula is C14H15N3O6. The van der Waals surface area contributed by atoms with Crippen LogP contribution in [-0.4, -0.2) is 40.1 Å². The number of nitrogens with one attached hydrogen (secondary N) is 1. The molecule has 2 rings (SSSR count). The summed E-state index contributed by atoms with van der Waals surface area (Å²) in [6.07, 6.45) is 0.107. The van der Waals surface area contributed by atoms with Crippen molar-refractivity contribution in [2.75, 3.05) is 14.2 Å². The molecular weight excluding hydrogens is 306 g/mol. The van der Waals surface area contributed by atoms with E-state index >= 15 is 0 Å². The van der Waals surface area contributed by atoms with E-state index in [1.54, 1.807) is 18.2 Å². The van der Waals surface area contributed by atoms with Gasteiger partial charge in [-0.25, -0.2) is 9.48 Å². The minimum atomic E-state index is -1.23. The van der Waals surface area contributed by atoms with Crippen LogP contribution in [0, 0.1) is 0 Å². The molecule has 122 valence electrons. The molecule has 0 saturated heterocycles.